The summed E-state index contributed by atoms with van der Waals surface area (Å²) in [6.07, 6.45) is 1.78. The van der Waals surface area contributed by atoms with Gasteiger partial charge in [-0.25, -0.2) is 0 Å². The van der Waals surface area contributed by atoms with Crippen LogP contribution in [0.15, 0.2) is 53.5 Å². The zero-order chi connectivity index (χ0) is 19.6. The highest BCUT2D eigenvalue weighted by Crippen LogP contribution is 2.31. The summed E-state index contributed by atoms with van der Waals surface area (Å²) in [4.78, 5) is 4.37. The summed E-state index contributed by atoms with van der Waals surface area (Å²) >= 11 is 0. The third-order valence-electron chi connectivity index (χ3n) is 4.61. The average molecular weight is 511 g/mol. The second kappa shape index (κ2) is 12.5. The number of guanidine groups is 1. The van der Waals surface area contributed by atoms with E-state index in [1.807, 2.05) is 30.3 Å². The molecule has 0 aliphatic carbocycles. The van der Waals surface area contributed by atoms with Crippen LogP contribution in [-0.4, -0.2) is 39.9 Å². The van der Waals surface area contributed by atoms with E-state index in [0.717, 1.165) is 35.9 Å². The van der Waals surface area contributed by atoms with Gasteiger partial charge in [-0.15, -0.1) is 24.0 Å². The van der Waals surface area contributed by atoms with Crippen LogP contribution in [0.2, 0.25) is 0 Å². The van der Waals surface area contributed by atoms with Crippen LogP contribution in [0.25, 0.3) is 0 Å². The molecule has 0 spiro atoms. The van der Waals surface area contributed by atoms with Gasteiger partial charge < -0.3 is 24.8 Å². The van der Waals surface area contributed by atoms with Gasteiger partial charge in [-0.05, 0) is 23.8 Å². The van der Waals surface area contributed by atoms with E-state index >= 15 is 0 Å². The van der Waals surface area contributed by atoms with Gasteiger partial charge in [0.15, 0.2) is 5.96 Å². The smallest absolute Gasteiger partial charge is 0.191 e. The fourth-order valence-electron chi connectivity index (χ4n) is 3.18. The fourth-order valence-corrected chi connectivity index (χ4v) is 3.18. The predicted molar refractivity (Wildman–Crippen MR) is 126 cm³/mol. The molecule has 1 unspecified atom stereocenters. The summed E-state index contributed by atoms with van der Waals surface area (Å²) in [5, 5.41) is 6.90. The Morgan fingerprint density at radius 2 is 2.03 bits per heavy atom. The minimum atomic E-state index is 0. The van der Waals surface area contributed by atoms with Gasteiger partial charge in [0, 0.05) is 45.7 Å². The molecular weight excluding hydrogens is 481 g/mol. The maximum Gasteiger partial charge on any atom is 0.191 e. The SMILES string of the molecule is CN=C(NCc1cccc(OCCCOC)c1)NC1CCOc2ccccc21.I. The van der Waals surface area contributed by atoms with Crippen molar-refractivity contribution >= 4 is 29.9 Å². The highest BCUT2D eigenvalue weighted by molar-refractivity contribution is 14.0. The van der Waals surface area contributed by atoms with Crippen molar-refractivity contribution in [1.29, 1.82) is 0 Å². The van der Waals surface area contributed by atoms with Gasteiger partial charge in [0.05, 0.1) is 19.3 Å². The minimum absolute atomic E-state index is 0. The molecule has 1 aliphatic rings. The molecule has 7 heteroatoms. The number of fused-ring (bicyclic) bond motifs is 1. The number of para-hydroxylation sites is 1. The van der Waals surface area contributed by atoms with Crippen LogP contribution < -0.4 is 20.1 Å². The van der Waals surface area contributed by atoms with Crippen molar-refractivity contribution in [3.05, 3.63) is 59.7 Å². The zero-order valence-electron chi connectivity index (χ0n) is 17.0. The number of benzene rings is 2. The van der Waals surface area contributed by atoms with Gasteiger partial charge in [0.25, 0.3) is 0 Å². The van der Waals surface area contributed by atoms with E-state index in [2.05, 4.69) is 33.8 Å². The topological polar surface area (TPSA) is 64.1 Å². The Kier molecular flexibility index (Phi) is 10.1. The average Bonchev–Trinajstić information content (AvgIpc) is 2.74. The Hall–Kier alpha value is -2.00. The molecule has 1 heterocycles. The van der Waals surface area contributed by atoms with Gasteiger partial charge in [-0.1, -0.05) is 30.3 Å². The number of rotatable bonds is 8. The number of halogens is 1. The second-order valence-corrected chi connectivity index (χ2v) is 6.64. The van der Waals surface area contributed by atoms with E-state index in [4.69, 9.17) is 14.2 Å². The molecular formula is C22H30IN3O3. The summed E-state index contributed by atoms with van der Waals surface area (Å²) < 4.78 is 16.6. The highest BCUT2D eigenvalue weighted by Gasteiger charge is 2.21. The lowest BCUT2D eigenvalue weighted by Gasteiger charge is -2.28. The Morgan fingerprint density at radius 3 is 2.86 bits per heavy atom. The van der Waals surface area contributed by atoms with Crippen LogP contribution in [0.1, 0.15) is 30.0 Å². The van der Waals surface area contributed by atoms with E-state index < -0.39 is 0 Å². The summed E-state index contributed by atoms with van der Waals surface area (Å²) in [5.74, 6) is 2.59. The Labute approximate surface area is 190 Å². The maximum absolute atomic E-state index is 5.77. The molecule has 0 aromatic heterocycles. The number of aliphatic imine (C=N–C) groups is 1. The molecule has 3 rings (SSSR count). The molecule has 0 bridgehead atoms. The van der Waals surface area contributed by atoms with Gasteiger partial charge >= 0.3 is 0 Å². The predicted octanol–water partition coefficient (Wildman–Crippen LogP) is 3.91. The Morgan fingerprint density at radius 1 is 1.17 bits per heavy atom. The van der Waals surface area contributed by atoms with Crippen LogP contribution in [0.5, 0.6) is 11.5 Å². The van der Waals surface area contributed by atoms with E-state index in [1.165, 1.54) is 5.56 Å². The van der Waals surface area contributed by atoms with Gasteiger partial charge in [-0.2, -0.15) is 0 Å². The first-order valence-corrected chi connectivity index (χ1v) is 9.69. The molecule has 2 aromatic rings. The minimum Gasteiger partial charge on any atom is -0.493 e. The molecule has 0 saturated heterocycles. The van der Waals surface area contributed by atoms with E-state index in [1.54, 1.807) is 14.2 Å². The summed E-state index contributed by atoms with van der Waals surface area (Å²) in [7, 11) is 3.49. The number of nitrogens with zero attached hydrogens (tertiary/aromatic N) is 1. The lowest BCUT2D eigenvalue weighted by atomic mass is 10.0. The number of hydrogen-bond acceptors (Lipinski definition) is 4. The first-order chi connectivity index (χ1) is 13.8. The van der Waals surface area contributed by atoms with Gasteiger partial charge in [0.2, 0.25) is 0 Å². The molecule has 0 amide bonds. The van der Waals surface area contributed by atoms with E-state index in [-0.39, 0.29) is 30.0 Å². The molecule has 2 aromatic carbocycles. The van der Waals surface area contributed by atoms with Crippen molar-refractivity contribution in [3.63, 3.8) is 0 Å². The summed E-state index contributed by atoms with van der Waals surface area (Å²) in [6, 6.07) is 16.4. The third kappa shape index (κ3) is 7.08. The normalized spacial score (nSPS) is 15.5. The maximum atomic E-state index is 5.77. The molecule has 0 radical (unpaired) electrons. The number of ether oxygens (including phenoxy) is 3. The van der Waals surface area contributed by atoms with Crippen molar-refractivity contribution in [1.82, 2.24) is 10.6 Å². The first-order valence-electron chi connectivity index (χ1n) is 9.69. The first kappa shape index (κ1) is 23.3. The number of nitrogens with one attached hydrogen (secondary N) is 2. The lowest BCUT2D eigenvalue weighted by molar-refractivity contribution is 0.172. The van der Waals surface area contributed by atoms with Crippen molar-refractivity contribution in [2.24, 2.45) is 4.99 Å². The summed E-state index contributed by atoms with van der Waals surface area (Å²) in [5.41, 5.74) is 2.31. The fraction of sp³-hybridized carbons (Fsp3) is 0.409. The molecule has 1 atom stereocenters. The largest absolute Gasteiger partial charge is 0.493 e. The van der Waals surface area contributed by atoms with E-state index in [0.29, 0.717) is 26.4 Å². The highest BCUT2D eigenvalue weighted by atomic mass is 127. The number of methoxy groups -OCH3 is 1. The lowest BCUT2D eigenvalue weighted by Crippen LogP contribution is -2.40. The van der Waals surface area contributed by atoms with Crippen molar-refractivity contribution in [2.45, 2.75) is 25.4 Å². The molecule has 29 heavy (non-hydrogen) atoms. The number of hydrogen-bond donors (Lipinski definition) is 2. The van der Waals surface area contributed by atoms with Gasteiger partial charge in [0.1, 0.15) is 11.5 Å². The Balaban J connectivity index is 0.00000300. The summed E-state index contributed by atoms with van der Waals surface area (Å²) in [6.45, 7) is 2.73. The van der Waals surface area contributed by atoms with E-state index in [9.17, 15) is 0 Å². The van der Waals surface area contributed by atoms with Gasteiger partial charge in [-0.3, -0.25) is 4.99 Å². The molecule has 0 fully saturated rings. The molecule has 6 nitrogen and oxygen atoms in total. The molecule has 2 N–H and O–H groups in total. The molecule has 158 valence electrons. The molecule has 1 aliphatic heterocycles. The van der Waals surface area contributed by atoms with Crippen LogP contribution in [0.4, 0.5) is 0 Å². The van der Waals surface area contributed by atoms with Crippen molar-refractivity contribution < 1.29 is 14.2 Å². The van der Waals surface area contributed by atoms with Crippen LogP contribution in [0.3, 0.4) is 0 Å². The Bertz CT molecular complexity index is 785. The zero-order valence-corrected chi connectivity index (χ0v) is 19.3. The van der Waals surface area contributed by atoms with Crippen molar-refractivity contribution in [2.75, 3.05) is 34.0 Å². The second-order valence-electron chi connectivity index (χ2n) is 6.64. The van der Waals surface area contributed by atoms with Crippen LogP contribution in [0, 0.1) is 0 Å². The monoisotopic (exact) mass is 511 g/mol. The third-order valence-corrected chi connectivity index (χ3v) is 4.61. The van der Waals surface area contributed by atoms with Crippen LogP contribution in [-0.2, 0) is 11.3 Å². The quantitative estimate of drug-likeness (QED) is 0.244. The van der Waals surface area contributed by atoms with Crippen molar-refractivity contribution in [3.8, 4) is 11.5 Å². The standard InChI is InChI=1S/C22H29N3O3.HI/c1-23-22(25-20-11-14-28-21-10-4-3-9-19(20)21)24-16-17-7-5-8-18(15-17)27-13-6-12-26-2;/h3-5,7-10,15,20H,6,11-14,16H2,1-2H3,(H2,23,24,25);1H. The van der Waals surface area contributed by atoms with Crippen LogP contribution >= 0.6 is 24.0 Å². The molecule has 0 saturated carbocycles.